The molecule has 1 aromatic rings. The number of amides is 3. The smallest absolute Gasteiger partial charge is 0.328 e. The molecule has 4 atom stereocenters. The molecule has 3 amide bonds. The Morgan fingerprint density at radius 2 is 1.82 bits per heavy atom. The Kier molecular flexibility index (Phi) is 6.67. The molecule has 4 N–H and O–H groups in total. The minimum absolute atomic E-state index is 0.00202. The van der Waals surface area contributed by atoms with E-state index in [0.717, 1.165) is 12.3 Å². The van der Waals surface area contributed by atoms with E-state index >= 15 is 0 Å². The van der Waals surface area contributed by atoms with E-state index in [2.05, 4.69) is 16.0 Å². The molecule has 0 aliphatic heterocycles. The van der Waals surface area contributed by atoms with Gasteiger partial charge in [-0.1, -0.05) is 35.7 Å². The Hall–Kier alpha value is -1.99. The molecule has 152 valence electrons. The molecular weight excluding hydrogens is 405 g/mol. The zero-order valence-electron chi connectivity index (χ0n) is 15.2. The first-order valence-corrected chi connectivity index (χ1v) is 10.1. The normalized spacial score (nSPS) is 23.9. The Morgan fingerprint density at radius 1 is 1.11 bits per heavy atom. The maximum Gasteiger partial charge on any atom is 0.328 e. The van der Waals surface area contributed by atoms with E-state index in [4.69, 9.17) is 23.2 Å². The summed E-state index contributed by atoms with van der Waals surface area (Å²) in [4.78, 5) is 35.8. The van der Waals surface area contributed by atoms with Crippen LogP contribution in [0.4, 0.5) is 4.79 Å². The molecule has 7 nitrogen and oxygen atoms in total. The second kappa shape index (κ2) is 9.01. The summed E-state index contributed by atoms with van der Waals surface area (Å²) in [6.45, 7) is 0.331. The molecule has 0 radical (unpaired) electrons. The predicted molar refractivity (Wildman–Crippen MR) is 106 cm³/mol. The van der Waals surface area contributed by atoms with Crippen molar-refractivity contribution < 1.29 is 19.5 Å². The lowest BCUT2D eigenvalue weighted by Gasteiger charge is -2.22. The molecular formula is C19H23Cl2N3O4. The van der Waals surface area contributed by atoms with Gasteiger partial charge >= 0.3 is 12.0 Å². The highest BCUT2D eigenvalue weighted by Crippen LogP contribution is 2.47. The van der Waals surface area contributed by atoms with Crippen LogP contribution in [0.25, 0.3) is 0 Å². The molecule has 0 aromatic heterocycles. The van der Waals surface area contributed by atoms with E-state index in [-0.39, 0.29) is 22.2 Å². The molecule has 28 heavy (non-hydrogen) atoms. The Bertz CT molecular complexity index is 753. The van der Waals surface area contributed by atoms with Crippen molar-refractivity contribution in [1.82, 2.24) is 16.0 Å². The summed E-state index contributed by atoms with van der Waals surface area (Å²) in [7, 11) is 0. The highest BCUT2D eigenvalue weighted by atomic mass is 35.5. The summed E-state index contributed by atoms with van der Waals surface area (Å²) in [5, 5.41) is 17.2. The van der Waals surface area contributed by atoms with Crippen LogP contribution in [0.1, 0.15) is 36.0 Å². The number of rotatable bonds is 7. The number of carboxylic acids is 1. The largest absolute Gasteiger partial charge is 0.480 e. The van der Waals surface area contributed by atoms with Crippen molar-refractivity contribution in [2.75, 3.05) is 13.1 Å². The van der Waals surface area contributed by atoms with Gasteiger partial charge in [-0.2, -0.15) is 0 Å². The van der Waals surface area contributed by atoms with Gasteiger partial charge in [-0.3, -0.25) is 4.79 Å². The van der Waals surface area contributed by atoms with Crippen molar-refractivity contribution >= 4 is 41.1 Å². The maximum atomic E-state index is 12.3. The van der Waals surface area contributed by atoms with Crippen LogP contribution < -0.4 is 16.0 Å². The van der Waals surface area contributed by atoms with Crippen LogP contribution >= 0.6 is 23.2 Å². The molecule has 0 heterocycles. The van der Waals surface area contributed by atoms with Crippen LogP contribution in [-0.2, 0) is 4.79 Å². The van der Waals surface area contributed by atoms with E-state index in [1.54, 1.807) is 6.07 Å². The van der Waals surface area contributed by atoms with Crippen molar-refractivity contribution in [3.05, 3.63) is 33.8 Å². The van der Waals surface area contributed by atoms with Crippen molar-refractivity contribution in [3.8, 4) is 0 Å². The molecule has 0 spiro atoms. The predicted octanol–water partition coefficient (Wildman–Crippen LogP) is 2.91. The van der Waals surface area contributed by atoms with Gasteiger partial charge in [-0.15, -0.1) is 0 Å². The lowest BCUT2D eigenvalue weighted by Crippen LogP contribution is -2.50. The summed E-state index contributed by atoms with van der Waals surface area (Å²) in [6.07, 6.45) is 4.93. The number of fused-ring (bicyclic) bond motifs is 2. The number of benzene rings is 1. The quantitative estimate of drug-likeness (QED) is 0.536. The SMILES string of the molecule is O=C(NCC1CC2CCC1C2)NC[C@H](NC(=O)c1c(Cl)cccc1Cl)C(=O)O. The summed E-state index contributed by atoms with van der Waals surface area (Å²) in [5.74, 6) is -0.00113. The monoisotopic (exact) mass is 427 g/mol. The average molecular weight is 428 g/mol. The van der Waals surface area contributed by atoms with Gasteiger partial charge in [-0.25, -0.2) is 9.59 Å². The van der Waals surface area contributed by atoms with E-state index < -0.39 is 23.9 Å². The molecule has 2 aliphatic carbocycles. The van der Waals surface area contributed by atoms with Gasteiger partial charge < -0.3 is 21.1 Å². The summed E-state index contributed by atoms with van der Waals surface area (Å²) in [5.41, 5.74) is -0.00202. The third kappa shape index (κ3) is 4.89. The van der Waals surface area contributed by atoms with Crippen LogP contribution in [0, 0.1) is 17.8 Å². The fraction of sp³-hybridized carbons (Fsp3) is 0.526. The number of hydrogen-bond donors (Lipinski definition) is 4. The van der Waals surface area contributed by atoms with Gasteiger partial charge in [0.15, 0.2) is 0 Å². The van der Waals surface area contributed by atoms with E-state index in [1.165, 1.54) is 31.4 Å². The number of halogens is 2. The molecule has 2 aliphatic rings. The summed E-state index contributed by atoms with van der Waals surface area (Å²) in [6, 6.07) is 2.80. The lowest BCUT2D eigenvalue weighted by molar-refractivity contribution is -0.139. The van der Waals surface area contributed by atoms with Crippen molar-refractivity contribution in [2.45, 2.75) is 31.7 Å². The van der Waals surface area contributed by atoms with E-state index in [9.17, 15) is 19.5 Å². The molecule has 3 rings (SSSR count). The van der Waals surface area contributed by atoms with Crippen molar-refractivity contribution in [2.24, 2.45) is 17.8 Å². The van der Waals surface area contributed by atoms with Gasteiger partial charge in [-0.05, 0) is 49.1 Å². The first kappa shape index (κ1) is 20.7. The highest BCUT2D eigenvalue weighted by Gasteiger charge is 2.39. The number of urea groups is 1. The Morgan fingerprint density at radius 3 is 2.39 bits per heavy atom. The Balaban J connectivity index is 1.48. The number of aliphatic carboxylic acids is 1. The van der Waals surface area contributed by atoms with Gasteiger partial charge in [0.05, 0.1) is 22.2 Å². The number of nitrogens with one attached hydrogen (secondary N) is 3. The zero-order valence-corrected chi connectivity index (χ0v) is 16.7. The molecule has 9 heteroatoms. The second-order valence-electron chi connectivity index (χ2n) is 7.49. The zero-order chi connectivity index (χ0) is 20.3. The van der Waals surface area contributed by atoms with Crippen LogP contribution in [0.5, 0.6) is 0 Å². The number of carbonyl (C=O) groups is 3. The first-order chi connectivity index (χ1) is 13.3. The molecule has 2 fully saturated rings. The number of hydrogen-bond acceptors (Lipinski definition) is 3. The van der Waals surface area contributed by atoms with Gasteiger partial charge in [0.2, 0.25) is 0 Å². The fourth-order valence-electron chi connectivity index (χ4n) is 4.25. The standard InChI is InChI=1S/C19H23Cl2N3O4/c20-13-2-1-3-14(21)16(13)17(25)24-15(18(26)27)9-23-19(28)22-8-12-7-10-4-5-11(12)6-10/h1-3,10-12,15H,4-9H2,(H,24,25)(H,26,27)(H2,22,23,28)/t10?,11?,12?,15-/m0/s1. The van der Waals surface area contributed by atoms with E-state index in [0.29, 0.717) is 18.4 Å². The summed E-state index contributed by atoms with van der Waals surface area (Å²) >= 11 is 11.9. The topological polar surface area (TPSA) is 108 Å². The van der Waals surface area contributed by atoms with Gasteiger partial charge in [0.25, 0.3) is 5.91 Å². The van der Waals surface area contributed by atoms with Crippen molar-refractivity contribution in [3.63, 3.8) is 0 Å². The third-order valence-corrected chi connectivity index (χ3v) is 6.30. The van der Waals surface area contributed by atoms with Crippen LogP contribution in [-0.4, -0.2) is 42.1 Å². The van der Waals surface area contributed by atoms with Crippen molar-refractivity contribution in [1.29, 1.82) is 0 Å². The molecule has 2 saturated carbocycles. The minimum Gasteiger partial charge on any atom is -0.480 e. The highest BCUT2D eigenvalue weighted by molar-refractivity contribution is 6.39. The van der Waals surface area contributed by atoms with Crippen LogP contribution in [0.3, 0.4) is 0 Å². The molecule has 0 saturated heterocycles. The number of carbonyl (C=O) groups excluding carboxylic acids is 2. The summed E-state index contributed by atoms with van der Waals surface area (Å²) < 4.78 is 0. The van der Waals surface area contributed by atoms with Gasteiger partial charge in [0, 0.05) is 6.54 Å². The molecule has 1 aromatic carbocycles. The molecule has 2 bridgehead atoms. The van der Waals surface area contributed by atoms with Gasteiger partial charge in [0.1, 0.15) is 6.04 Å². The maximum absolute atomic E-state index is 12.3. The Labute approximate surface area is 173 Å². The first-order valence-electron chi connectivity index (χ1n) is 9.34. The average Bonchev–Trinajstić information content (AvgIpc) is 3.26. The minimum atomic E-state index is -1.31. The lowest BCUT2D eigenvalue weighted by atomic mass is 9.89. The molecule has 3 unspecified atom stereocenters. The number of carboxylic acid groups (broad SMARTS) is 1. The third-order valence-electron chi connectivity index (χ3n) is 5.67. The second-order valence-corrected chi connectivity index (χ2v) is 8.30. The fourth-order valence-corrected chi connectivity index (χ4v) is 4.82. The van der Waals surface area contributed by atoms with E-state index in [1.807, 2.05) is 0 Å². The van der Waals surface area contributed by atoms with Crippen LogP contribution in [0.2, 0.25) is 10.0 Å². The van der Waals surface area contributed by atoms with Crippen LogP contribution in [0.15, 0.2) is 18.2 Å².